The van der Waals surface area contributed by atoms with E-state index in [9.17, 15) is 4.79 Å². The Balaban J connectivity index is 2.04. The third kappa shape index (κ3) is 2.68. The van der Waals surface area contributed by atoms with E-state index in [0.29, 0.717) is 18.2 Å². The molecule has 0 N–H and O–H groups in total. The zero-order valence-electron chi connectivity index (χ0n) is 12.4. The van der Waals surface area contributed by atoms with Crippen molar-refractivity contribution in [1.29, 1.82) is 0 Å². The van der Waals surface area contributed by atoms with Crippen LogP contribution in [0.1, 0.15) is 54.4 Å². The van der Waals surface area contributed by atoms with Gasteiger partial charge in [-0.2, -0.15) is 0 Å². The van der Waals surface area contributed by atoms with Gasteiger partial charge in [-0.3, -0.25) is 0 Å². The molecule has 0 amide bonds. The lowest BCUT2D eigenvalue weighted by Crippen LogP contribution is -2.09. The van der Waals surface area contributed by atoms with E-state index >= 15 is 0 Å². The van der Waals surface area contributed by atoms with Crippen LogP contribution in [-0.4, -0.2) is 27.6 Å². The summed E-state index contributed by atoms with van der Waals surface area (Å²) >= 11 is 0. The maximum Gasteiger partial charge on any atom is 0.360 e. The van der Waals surface area contributed by atoms with Crippen molar-refractivity contribution in [3.63, 3.8) is 0 Å². The van der Waals surface area contributed by atoms with E-state index in [1.54, 1.807) is 11.6 Å². The summed E-state index contributed by atoms with van der Waals surface area (Å²) in [6.45, 7) is 4.26. The second-order valence-corrected chi connectivity index (χ2v) is 5.25. The standard InChI is InChI=1S/C16H19N3O2/c1-3-11-6-5-7-13(10-11)19-15(12-8-9-12)14(17-18-19)16(20)21-4-2/h5-7,10,12H,3-4,8-9H2,1-2H3. The smallest absolute Gasteiger partial charge is 0.360 e. The number of rotatable bonds is 5. The van der Waals surface area contributed by atoms with Gasteiger partial charge in [-0.25, -0.2) is 9.48 Å². The Morgan fingerprint density at radius 3 is 2.86 bits per heavy atom. The molecule has 3 rings (SSSR count). The van der Waals surface area contributed by atoms with E-state index in [1.807, 2.05) is 12.1 Å². The van der Waals surface area contributed by atoms with Crippen LogP contribution in [0.3, 0.4) is 0 Å². The number of hydrogen-bond donors (Lipinski definition) is 0. The number of ether oxygens (including phenoxy) is 1. The fraction of sp³-hybridized carbons (Fsp3) is 0.438. The van der Waals surface area contributed by atoms with E-state index < -0.39 is 0 Å². The van der Waals surface area contributed by atoms with Crippen molar-refractivity contribution < 1.29 is 9.53 Å². The fourth-order valence-electron chi connectivity index (χ4n) is 2.46. The molecule has 110 valence electrons. The molecule has 1 saturated carbocycles. The van der Waals surface area contributed by atoms with Gasteiger partial charge >= 0.3 is 5.97 Å². The van der Waals surface area contributed by atoms with Crippen molar-refractivity contribution >= 4 is 5.97 Å². The highest BCUT2D eigenvalue weighted by Gasteiger charge is 2.34. The molecule has 21 heavy (non-hydrogen) atoms. The molecule has 1 fully saturated rings. The van der Waals surface area contributed by atoms with E-state index in [1.165, 1.54) is 5.56 Å². The average molecular weight is 285 g/mol. The second-order valence-electron chi connectivity index (χ2n) is 5.25. The van der Waals surface area contributed by atoms with Crippen molar-refractivity contribution in [2.45, 2.75) is 39.0 Å². The van der Waals surface area contributed by atoms with Crippen LogP contribution >= 0.6 is 0 Å². The molecular weight excluding hydrogens is 266 g/mol. The predicted octanol–water partition coefficient (Wildman–Crippen LogP) is 2.88. The number of benzene rings is 1. The highest BCUT2D eigenvalue weighted by atomic mass is 16.5. The second kappa shape index (κ2) is 5.68. The molecule has 0 bridgehead atoms. The number of esters is 1. The number of carbonyl (C=O) groups is 1. The highest BCUT2D eigenvalue weighted by Crippen LogP contribution is 2.42. The zero-order valence-corrected chi connectivity index (χ0v) is 12.4. The maximum absolute atomic E-state index is 12.0. The minimum atomic E-state index is -0.378. The molecule has 5 nitrogen and oxygen atoms in total. The van der Waals surface area contributed by atoms with Crippen molar-refractivity contribution in [2.24, 2.45) is 0 Å². The molecule has 0 saturated heterocycles. The fourth-order valence-corrected chi connectivity index (χ4v) is 2.46. The first-order valence-corrected chi connectivity index (χ1v) is 7.46. The van der Waals surface area contributed by atoms with Crippen molar-refractivity contribution in [3.8, 4) is 5.69 Å². The van der Waals surface area contributed by atoms with Crippen LogP contribution in [0.4, 0.5) is 0 Å². The van der Waals surface area contributed by atoms with Crippen LogP contribution in [-0.2, 0) is 11.2 Å². The number of aryl methyl sites for hydroxylation is 1. The highest BCUT2D eigenvalue weighted by molar-refractivity contribution is 5.88. The summed E-state index contributed by atoms with van der Waals surface area (Å²) in [5.74, 6) is -0.0121. The first-order chi connectivity index (χ1) is 10.2. The molecule has 0 unspecified atom stereocenters. The summed E-state index contributed by atoms with van der Waals surface area (Å²) in [6.07, 6.45) is 3.12. The van der Waals surface area contributed by atoms with Gasteiger partial charge in [0.2, 0.25) is 0 Å². The summed E-state index contributed by atoms with van der Waals surface area (Å²) in [7, 11) is 0. The van der Waals surface area contributed by atoms with Crippen molar-refractivity contribution in [3.05, 3.63) is 41.2 Å². The topological polar surface area (TPSA) is 57.0 Å². The van der Waals surface area contributed by atoms with Gasteiger partial charge in [-0.15, -0.1) is 5.10 Å². The number of hydrogen-bond acceptors (Lipinski definition) is 4. The van der Waals surface area contributed by atoms with Gasteiger partial charge < -0.3 is 4.74 Å². The summed E-state index contributed by atoms with van der Waals surface area (Å²) in [5, 5.41) is 8.26. The Labute approximate surface area is 123 Å². The lowest BCUT2D eigenvalue weighted by molar-refractivity contribution is 0.0518. The molecule has 0 radical (unpaired) electrons. The summed E-state index contributed by atoms with van der Waals surface area (Å²) in [6, 6.07) is 8.18. The average Bonchev–Trinajstić information content (AvgIpc) is 3.25. The first-order valence-electron chi connectivity index (χ1n) is 7.46. The number of nitrogens with zero attached hydrogens (tertiary/aromatic N) is 3. The van der Waals surface area contributed by atoms with E-state index in [0.717, 1.165) is 30.6 Å². The van der Waals surface area contributed by atoms with E-state index in [-0.39, 0.29) is 5.97 Å². The largest absolute Gasteiger partial charge is 0.461 e. The zero-order chi connectivity index (χ0) is 14.8. The monoisotopic (exact) mass is 285 g/mol. The first kappa shape index (κ1) is 13.8. The molecule has 1 heterocycles. The van der Waals surface area contributed by atoms with Crippen LogP contribution in [0.5, 0.6) is 0 Å². The normalized spacial score (nSPS) is 14.2. The molecular formula is C16H19N3O2. The molecule has 5 heteroatoms. The number of carbonyl (C=O) groups excluding carboxylic acids is 1. The van der Waals surface area contributed by atoms with Gasteiger partial charge in [0.25, 0.3) is 0 Å². The quantitative estimate of drug-likeness (QED) is 0.793. The maximum atomic E-state index is 12.0. The van der Waals surface area contributed by atoms with Crippen LogP contribution in [0.25, 0.3) is 5.69 Å². The lowest BCUT2D eigenvalue weighted by Gasteiger charge is -2.08. The molecule has 1 aromatic heterocycles. The Morgan fingerprint density at radius 1 is 1.38 bits per heavy atom. The predicted molar refractivity (Wildman–Crippen MR) is 78.7 cm³/mol. The molecule has 0 atom stereocenters. The Bertz CT molecular complexity index is 659. The third-order valence-corrected chi connectivity index (χ3v) is 3.70. The molecule has 0 spiro atoms. The van der Waals surface area contributed by atoms with Gasteiger partial charge in [-0.1, -0.05) is 24.3 Å². The molecule has 1 aromatic carbocycles. The van der Waals surface area contributed by atoms with Gasteiger partial charge in [0.05, 0.1) is 18.0 Å². The number of aromatic nitrogens is 3. The minimum absolute atomic E-state index is 0.348. The van der Waals surface area contributed by atoms with E-state index in [4.69, 9.17) is 4.74 Å². The van der Waals surface area contributed by atoms with Crippen molar-refractivity contribution in [2.75, 3.05) is 6.61 Å². The van der Waals surface area contributed by atoms with Gasteiger partial charge in [0.1, 0.15) is 0 Å². The van der Waals surface area contributed by atoms with Gasteiger partial charge in [0, 0.05) is 5.92 Å². The summed E-state index contributed by atoms with van der Waals surface area (Å²) < 4.78 is 6.88. The Morgan fingerprint density at radius 2 is 2.19 bits per heavy atom. The SMILES string of the molecule is CCOC(=O)c1nnn(-c2cccc(CC)c2)c1C1CC1. The van der Waals surface area contributed by atoms with Crippen LogP contribution in [0.15, 0.2) is 24.3 Å². The van der Waals surface area contributed by atoms with Gasteiger partial charge in [0.15, 0.2) is 5.69 Å². The Kier molecular flexibility index (Phi) is 3.73. The third-order valence-electron chi connectivity index (χ3n) is 3.70. The summed E-state index contributed by atoms with van der Waals surface area (Å²) in [4.78, 5) is 12.0. The van der Waals surface area contributed by atoms with E-state index in [2.05, 4.69) is 29.4 Å². The van der Waals surface area contributed by atoms with Gasteiger partial charge in [-0.05, 0) is 43.9 Å². The van der Waals surface area contributed by atoms with Crippen LogP contribution in [0, 0.1) is 0 Å². The molecule has 1 aliphatic rings. The Hall–Kier alpha value is -2.17. The molecule has 0 aliphatic heterocycles. The summed E-state index contributed by atoms with van der Waals surface area (Å²) in [5.41, 5.74) is 3.45. The minimum Gasteiger partial charge on any atom is -0.461 e. The lowest BCUT2D eigenvalue weighted by atomic mass is 10.1. The van der Waals surface area contributed by atoms with Crippen LogP contribution < -0.4 is 0 Å². The molecule has 1 aliphatic carbocycles. The van der Waals surface area contributed by atoms with Crippen LogP contribution in [0.2, 0.25) is 0 Å². The molecule has 2 aromatic rings. The van der Waals surface area contributed by atoms with Crippen molar-refractivity contribution in [1.82, 2.24) is 15.0 Å².